The zero-order chi connectivity index (χ0) is 23.0. The van der Waals surface area contributed by atoms with Crippen LogP contribution in [0.25, 0.3) is 0 Å². The summed E-state index contributed by atoms with van der Waals surface area (Å²) in [7, 11) is -4.00. The fraction of sp³-hybridized carbons (Fsp3) is 0.375. The number of sulfonamides is 1. The summed E-state index contributed by atoms with van der Waals surface area (Å²) in [6.07, 6.45) is 1.68. The van der Waals surface area contributed by atoms with Crippen LogP contribution in [0.2, 0.25) is 0 Å². The topological polar surface area (TPSA) is 63.7 Å². The van der Waals surface area contributed by atoms with Gasteiger partial charge in [-0.1, -0.05) is 56.7 Å². The molecule has 0 aliphatic carbocycles. The molecule has 1 aliphatic rings. The summed E-state index contributed by atoms with van der Waals surface area (Å²) >= 11 is 0. The van der Waals surface area contributed by atoms with Crippen molar-refractivity contribution < 1.29 is 22.3 Å². The van der Waals surface area contributed by atoms with E-state index in [9.17, 15) is 17.6 Å². The van der Waals surface area contributed by atoms with Gasteiger partial charge in [-0.3, -0.25) is 0 Å². The highest BCUT2D eigenvalue weighted by Gasteiger charge is 2.49. The van der Waals surface area contributed by atoms with Gasteiger partial charge in [0, 0.05) is 6.04 Å². The summed E-state index contributed by atoms with van der Waals surface area (Å²) in [6, 6.07) is 10.6. The second kappa shape index (κ2) is 8.55. The number of rotatable bonds is 5. The smallest absolute Gasteiger partial charge is 0.335 e. The number of hydrogen-bond acceptors (Lipinski definition) is 4. The lowest BCUT2D eigenvalue weighted by Gasteiger charge is -2.37. The van der Waals surface area contributed by atoms with Crippen LogP contribution in [0.5, 0.6) is 0 Å². The SMILES string of the molecule is CCOC(=O)C1=C[C@@H](C(C)(C)C)N(S(=O)(=O)c2ccc(C)cc2)[C@H]1c1ccc(F)cc1. The Morgan fingerprint density at radius 2 is 1.65 bits per heavy atom. The Kier molecular flexibility index (Phi) is 6.39. The minimum Gasteiger partial charge on any atom is -0.463 e. The van der Waals surface area contributed by atoms with Crippen LogP contribution in [0.4, 0.5) is 4.39 Å². The van der Waals surface area contributed by atoms with Crippen molar-refractivity contribution in [2.45, 2.75) is 51.6 Å². The van der Waals surface area contributed by atoms with Crippen LogP contribution in [-0.4, -0.2) is 31.3 Å². The van der Waals surface area contributed by atoms with Crippen molar-refractivity contribution in [2.24, 2.45) is 5.41 Å². The molecule has 31 heavy (non-hydrogen) atoms. The Bertz CT molecular complexity index is 1080. The van der Waals surface area contributed by atoms with Gasteiger partial charge < -0.3 is 4.74 Å². The summed E-state index contributed by atoms with van der Waals surface area (Å²) < 4.78 is 47.9. The van der Waals surface area contributed by atoms with Crippen molar-refractivity contribution >= 4 is 16.0 Å². The molecule has 7 heteroatoms. The predicted octanol–water partition coefficient (Wildman–Crippen LogP) is 4.78. The van der Waals surface area contributed by atoms with E-state index in [1.54, 1.807) is 37.3 Å². The molecule has 0 unspecified atom stereocenters. The van der Waals surface area contributed by atoms with E-state index in [1.165, 1.54) is 28.6 Å². The lowest BCUT2D eigenvalue weighted by molar-refractivity contribution is -0.138. The molecule has 3 rings (SSSR count). The van der Waals surface area contributed by atoms with E-state index in [4.69, 9.17) is 4.74 Å². The molecule has 0 saturated heterocycles. The number of nitrogens with zero attached hydrogens (tertiary/aromatic N) is 1. The van der Waals surface area contributed by atoms with E-state index < -0.39 is 39.3 Å². The van der Waals surface area contributed by atoms with E-state index in [-0.39, 0.29) is 17.1 Å². The number of halogens is 1. The quantitative estimate of drug-likeness (QED) is 0.621. The largest absolute Gasteiger partial charge is 0.463 e. The van der Waals surface area contributed by atoms with Crippen molar-refractivity contribution in [2.75, 3.05) is 6.61 Å². The molecule has 5 nitrogen and oxygen atoms in total. The van der Waals surface area contributed by atoms with Crippen LogP contribution in [0, 0.1) is 18.2 Å². The van der Waals surface area contributed by atoms with Crippen molar-refractivity contribution in [1.29, 1.82) is 0 Å². The van der Waals surface area contributed by atoms with Crippen molar-refractivity contribution in [1.82, 2.24) is 4.31 Å². The molecule has 0 saturated carbocycles. The van der Waals surface area contributed by atoms with Gasteiger partial charge in [-0.15, -0.1) is 0 Å². The Labute approximate surface area is 183 Å². The second-order valence-corrected chi connectivity index (χ2v) is 10.6. The third-order valence-corrected chi connectivity index (χ3v) is 7.20. The predicted molar refractivity (Wildman–Crippen MR) is 117 cm³/mol. The molecule has 0 spiro atoms. The Morgan fingerprint density at radius 3 is 2.16 bits per heavy atom. The van der Waals surface area contributed by atoms with Gasteiger partial charge in [0.2, 0.25) is 10.0 Å². The van der Waals surface area contributed by atoms with Gasteiger partial charge in [0.25, 0.3) is 0 Å². The maximum absolute atomic E-state index is 13.8. The number of carbonyl (C=O) groups is 1. The first kappa shape index (κ1) is 23.2. The van der Waals surface area contributed by atoms with Gasteiger partial charge in [0.1, 0.15) is 5.82 Å². The van der Waals surface area contributed by atoms with Gasteiger partial charge >= 0.3 is 5.97 Å². The first-order valence-electron chi connectivity index (χ1n) is 10.2. The molecule has 0 aromatic heterocycles. The number of hydrogen-bond donors (Lipinski definition) is 0. The number of carbonyl (C=O) groups excluding carboxylic acids is 1. The van der Waals surface area contributed by atoms with Crippen LogP contribution < -0.4 is 0 Å². The van der Waals surface area contributed by atoms with Gasteiger partial charge in [-0.2, -0.15) is 4.31 Å². The van der Waals surface area contributed by atoms with E-state index in [0.717, 1.165) is 5.56 Å². The van der Waals surface area contributed by atoms with Crippen molar-refractivity contribution in [3.8, 4) is 0 Å². The number of esters is 1. The monoisotopic (exact) mass is 445 g/mol. The van der Waals surface area contributed by atoms with Gasteiger partial charge in [-0.05, 0) is 49.1 Å². The van der Waals surface area contributed by atoms with E-state index in [2.05, 4.69) is 0 Å². The zero-order valence-electron chi connectivity index (χ0n) is 18.4. The normalized spacial score (nSPS) is 19.9. The fourth-order valence-electron chi connectivity index (χ4n) is 3.75. The Hall–Kier alpha value is -2.51. The summed E-state index contributed by atoms with van der Waals surface area (Å²) in [6.45, 7) is 9.50. The summed E-state index contributed by atoms with van der Waals surface area (Å²) in [4.78, 5) is 13.0. The molecule has 2 aromatic rings. The molecule has 2 aromatic carbocycles. The number of benzene rings is 2. The summed E-state index contributed by atoms with van der Waals surface area (Å²) in [5.74, 6) is -1.02. The van der Waals surface area contributed by atoms with Crippen LogP contribution in [0.1, 0.15) is 44.9 Å². The van der Waals surface area contributed by atoms with Gasteiger partial charge in [0.05, 0.1) is 23.1 Å². The minimum absolute atomic E-state index is 0.137. The highest BCUT2D eigenvalue weighted by molar-refractivity contribution is 7.89. The minimum atomic E-state index is -4.00. The Morgan fingerprint density at radius 1 is 1.06 bits per heavy atom. The molecular formula is C24H28FNO4S. The molecule has 0 fully saturated rings. The zero-order valence-corrected chi connectivity index (χ0v) is 19.2. The molecular weight excluding hydrogens is 417 g/mol. The summed E-state index contributed by atoms with van der Waals surface area (Å²) in [5, 5.41) is 0. The highest BCUT2D eigenvalue weighted by Crippen LogP contribution is 2.46. The molecule has 0 radical (unpaired) electrons. The third kappa shape index (κ3) is 4.57. The van der Waals surface area contributed by atoms with Gasteiger partial charge in [-0.25, -0.2) is 17.6 Å². The second-order valence-electron chi connectivity index (χ2n) is 8.76. The van der Waals surface area contributed by atoms with Crippen LogP contribution in [-0.2, 0) is 19.6 Å². The molecule has 166 valence electrons. The average Bonchev–Trinajstić information content (AvgIpc) is 3.11. The molecule has 0 bridgehead atoms. The maximum Gasteiger partial charge on any atom is 0.335 e. The Balaban J connectivity index is 2.23. The first-order chi connectivity index (χ1) is 14.5. The van der Waals surface area contributed by atoms with Crippen LogP contribution >= 0.6 is 0 Å². The molecule has 1 aliphatic heterocycles. The third-order valence-electron chi connectivity index (χ3n) is 5.34. The van der Waals surface area contributed by atoms with Crippen molar-refractivity contribution in [3.05, 3.63) is 77.1 Å². The van der Waals surface area contributed by atoms with E-state index in [1.807, 2.05) is 27.7 Å². The molecule has 2 atom stereocenters. The standard InChI is InChI=1S/C24H28FNO4S/c1-6-30-23(27)20-15-21(24(3,4)5)26(22(20)17-9-11-18(25)12-10-17)31(28,29)19-13-7-16(2)8-14-19/h7-15,21-22H,6H2,1-5H3/t21-,22-/m0/s1. The van der Waals surface area contributed by atoms with E-state index >= 15 is 0 Å². The van der Waals surface area contributed by atoms with Gasteiger partial charge in [0.15, 0.2) is 0 Å². The molecule has 0 N–H and O–H groups in total. The lowest BCUT2D eigenvalue weighted by atomic mass is 9.87. The summed E-state index contributed by atoms with van der Waals surface area (Å²) in [5.41, 5.74) is 1.17. The fourth-order valence-corrected chi connectivity index (χ4v) is 5.66. The number of ether oxygens (including phenoxy) is 1. The highest BCUT2D eigenvalue weighted by atomic mass is 32.2. The first-order valence-corrected chi connectivity index (χ1v) is 11.7. The lowest BCUT2D eigenvalue weighted by Crippen LogP contribution is -2.45. The average molecular weight is 446 g/mol. The number of aryl methyl sites for hydroxylation is 1. The molecule has 1 heterocycles. The maximum atomic E-state index is 13.8. The van der Waals surface area contributed by atoms with Crippen LogP contribution in [0.3, 0.4) is 0 Å². The van der Waals surface area contributed by atoms with E-state index in [0.29, 0.717) is 5.56 Å². The van der Waals surface area contributed by atoms with Crippen LogP contribution in [0.15, 0.2) is 65.1 Å². The molecule has 0 amide bonds. The van der Waals surface area contributed by atoms with Crippen molar-refractivity contribution in [3.63, 3.8) is 0 Å².